The van der Waals surface area contributed by atoms with E-state index in [9.17, 15) is 9.59 Å². The maximum atomic E-state index is 12.7. The number of hydrazone groups is 1. The van der Waals surface area contributed by atoms with Gasteiger partial charge in [-0.15, -0.1) is 0 Å². The fourth-order valence-electron chi connectivity index (χ4n) is 5.50. The predicted molar refractivity (Wildman–Crippen MR) is 78.4 cm³/mol. The van der Waals surface area contributed by atoms with Crippen LogP contribution in [-0.4, -0.2) is 35.5 Å². The standard InChI is InChI=1S/C16H23N3O2/c1-19(16(21)13-2-3-14(20)18-17-13)15-11-5-9-4-10(7-11)8-12(15)6-9/h9-12,15H,2-8H2,1H3,(H,18,20). The molecule has 4 saturated carbocycles. The third-order valence-corrected chi connectivity index (χ3v) is 6.10. The van der Waals surface area contributed by atoms with Crippen LogP contribution in [0.1, 0.15) is 44.9 Å². The van der Waals surface area contributed by atoms with Gasteiger partial charge in [-0.25, -0.2) is 5.43 Å². The molecule has 21 heavy (non-hydrogen) atoms. The molecule has 0 spiro atoms. The Morgan fingerprint density at radius 3 is 2.24 bits per heavy atom. The molecular formula is C16H23N3O2. The van der Waals surface area contributed by atoms with Gasteiger partial charge in [-0.1, -0.05) is 0 Å². The van der Waals surface area contributed by atoms with Crippen LogP contribution >= 0.6 is 0 Å². The summed E-state index contributed by atoms with van der Waals surface area (Å²) in [7, 11) is 1.94. The molecule has 5 rings (SSSR count). The molecule has 0 aromatic rings. The van der Waals surface area contributed by atoms with E-state index in [1.807, 2.05) is 11.9 Å². The Hall–Kier alpha value is -1.39. The average Bonchev–Trinajstić information content (AvgIpc) is 2.46. The van der Waals surface area contributed by atoms with E-state index in [2.05, 4.69) is 10.5 Å². The molecular weight excluding hydrogens is 266 g/mol. The zero-order chi connectivity index (χ0) is 14.6. The third kappa shape index (κ3) is 2.17. The molecule has 5 aliphatic rings. The van der Waals surface area contributed by atoms with Crippen molar-refractivity contribution in [3.05, 3.63) is 0 Å². The molecule has 5 nitrogen and oxygen atoms in total. The van der Waals surface area contributed by atoms with Gasteiger partial charge in [-0.2, -0.15) is 5.10 Å². The van der Waals surface area contributed by atoms with Crippen molar-refractivity contribution in [1.29, 1.82) is 0 Å². The van der Waals surface area contributed by atoms with Crippen molar-refractivity contribution in [3.8, 4) is 0 Å². The normalized spacial score (nSPS) is 40.7. The molecule has 0 saturated heterocycles. The van der Waals surface area contributed by atoms with Crippen molar-refractivity contribution in [2.75, 3.05) is 7.05 Å². The molecule has 4 bridgehead atoms. The van der Waals surface area contributed by atoms with Gasteiger partial charge in [0, 0.05) is 25.9 Å². The van der Waals surface area contributed by atoms with E-state index in [1.165, 1.54) is 32.1 Å². The Morgan fingerprint density at radius 1 is 1.10 bits per heavy atom. The fraction of sp³-hybridized carbons (Fsp3) is 0.812. The number of hydrogen-bond acceptors (Lipinski definition) is 3. The summed E-state index contributed by atoms with van der Waals surface area (Å²) in [6.45, 7) is 0. The molecule has 1 heterocycles. The number of carbonyl (C=O) groups excluding carboxylic acids is 2. The lowest BCUT2D eigenvalue weighted by atomic mass is 9.54. The summed E-state index contributed by atoms with van der Waals surface area (Å²) in [5, 5.41) is 3.97. The molecule has 5 heteroatoms. The largest absolute Gasteiger partial charge is 0.337 e. The van der Waals surface area contributed by atoms with Gasteiger partial charge in [0.05, 0.1) is 0 Å². The molecule has 114 valence electrons. The van der Waals surface area contributed by atoms with Crippen molar-refractivity contribution in [2.45, 2.75) is 51.0 Å². The van der Waals surface area contributed by atoms with Crippen LogP contribution in [0.15, 0.2) is 5.10 Å². The Labute approximate surface area is 125 Å². The first kappa shape index (κ1) is 13.3. The minimum absolute atomic E-state index is 0.0208. The van der Waals surface area contributed by atoms with Crippen LogP contribution in [0.2, 0.25) is 0 Å². The van der Waals surface area contributed by atoms with Gasteiger partial charge in [0.15, 0.2) is 0 Å². The Bertz CT molecular complexity index is 486. The molecule has 0 aromatic heterocycles. The summed E-state index contributed by atoms with van der Waals surface area (Å²) in [6.07, 6.45) is 7.49. The zero-order valence-electron chi connectivity index (χ0n) is 12.5. The molecule has 4 aliphatic carbocycles. The molecule has 0 radical (unpaired) electrons. The van der Waals surface area contributed by atoms with Crippen LogP contribution in [0.3, 0.4) is 0 Å². The highest BCUT2D eigenvalue weighted by atomic mass is 16.2. The van der Waals surface area contributed by atoms with Gasteiger partial charge in [-0.3, -0.25) is 9.59 Å². The van der Waals surface area contributed by atoms with E-state index < -0.39 is 0 Å². The van der Waals surface area contributed by atoms with Gasteiger partial charge in [-0.05, 0) is 55.8 Å². The molecule has 4 fully saturated rings. The van der Waals surface area contributed by atoms with Crippen molar-refractivity contribution in [1.82, 2.24) is 10.3 Å². The smallest absolute Gasteiger partial charge is 0.270 e. The number of carbonyl (C=O) groups is 2. The highest BCUT2D eigenvalue weighted by Gasteiger charge is 2.50. The van der Waals surface area contributed by atoms with Crippen LogP contribution in [0.5, 0.6) is 0 Å². The highest BCUT2D eigenvalue weighted by molar-refractivity contribution is 6.39. The lowest BCUT2D eigenvalue weighted by Crippen LogP contribution is -2.57. The minimum Gasteiger partial charge on any atom is -0.337 e. The second-order valence-corrected chi connectivity index (χ2v) is 7.43. The van der Waals surface area contributed by atoms with Crippen molar-refractivity contribution >= 4 is 17.5 Å². The number of rotatable bonds is 2. The maximum absolute atomic E-state index is 12.7. The molecule has 0 unspecified atom stereocenters. The summed E-state index contributed by atoms with van der Waals surface area (Å²) in [5.74, 6) is 3.14. The Kier molecular flexibility index (Phi) is 3.05. The minimum atomic E-state index is -0.0937. The predicted octanol–water partition coefficient (Wildman–Crippen LogP) is 1.54. The SMILES string of the molecule is CN(C(=O)C1=NNC(=O)CC1)C1C2CC3CC(C2)CC1C3. The van der Waals surface area contributed by atoms with Crippen LogP contribution in [0.4, 0.5) is 0 Å². The zero-order valence-corrected chi connectivity index (χ0v) is 12.5. The van der Waals surface area contributed by atoms with Crippen LogP contribution in [-0.2, 0) is 9.59 Å². The second kappa shape index (κ2) is 4.82. The average molecular weight is 289 g/mol. The fourth-order valence-corrected chi connectivity index (χ4v) is 5.50. The Morgan fingerprint density at radius 2 is 1.71 bits per heavy atom. The highest BCUT2D eigenvalue weighted by Crippen LogP contribution is 2.54. The lowest BCUT2D eigenvalue weighted by molar-refractivity contribution is -0.134. The van der Waals surface area contributed by atoms with E-state index in [-0.39, 0.29) is 11.8 Å². The summed E-state index contributed by atoms with van der Waals surface area (Å²) >= 11 is 0. The van der Waals surface area contributed by atoms with Crippen molar-refractivity contribution in [2.24, 2.45) is 28.8 Å². The van der Waals surface area contributed by atoms with E-state index in [0.29, 0.717) is 36.4 Å². The van der Waals surface area contributed by atoms with Gasteiger partial charge in [0.1, 0.15) is 5.71 Å². The van der Waals surface area contributed by atoms with Crippen molar-refractivity contribution < 1.29 is 9.59 Å². The number of amides is 2. The monoisotopic (exact) mass is 289 g/mol. The number of hydrogen-bond donors (Lipinski definition) is 1. The summed E-state index contributed by atoms with van der Waals surface area (Å²) in [5.41, 5.74) is 2.96. The summed E-state index contributed by atoms with van der Waals surface area (Å²) in [4.78, 5) is 25.8. The quantitative estimate of drug-likeness (QED) is 0.838. The third-order valence-electron chi connectivity index (χ3n) is 6.10. The van der Waals surface area contributed by atoms with Crippen LogP contribution in [0.25, 0.3) is 0 Å². The molecule has 1 N–H and O–H groups in total. The van der Waals surface area contributed by atoms with E-state index >= 15 is 0 Å². The summed E-state index contributed by atoms with van der Waals surface area (Å²) in [6, 6.07) is 0.394. The van der Waals surface area contributed by atoms with E-state index in [4.69, 9.17) is 0 Å². The molecule has 0 atom stereocenters. The van der Waals surface area contributed by atoms with Crippen molar-refractivity contribution in [3.63, 3.8) is 0 Å². The maximum Gasteiger partial charge on any atom is 0.270 e. The van der Waals surface area contributed by atoms with Crippen LogP contribution < -0.4 is 5.43 Å². The first-order valence-electron chi connectivity index (χ1n) is 8.24. The topological polar surface area (TPSA) is 61.8 Å². The van der Waals surface area contributed by atoms with Gasteiger partial charge >= 0.3 is 0 Å². The Balaban J connectivity index is 1.51. The van der Waals surface area contributed by atoms with E-state index in [0.717, 1.165) is 11.8 Å². The first-order chi connectivity index (χ1) is 10.1. The molecule has 1 aliphatic heterocycles. The lowest BCUT2D eigenvalue weighted by Gasteiger charge is -2.56. The van der Waals surface area contributed by atoms with Gasteiger partial charge in [0.25, 0.3) is 5.91 Å². The van der Waals surface area contributed by atoms with Gasteiger partial charge < -0.3 is 4.90 Å². The number of nitrogens with one attached hydrogen (secondary N) is 1. The van der Waals surface area contributed by atoms with E-state index in [1.54, 1.807) is 0 Å². The molecule has 0 aromatic carbocycles. The second-order valence-electron chi connectivity index (χ2n) is 7.43. The first-order valence-corrected chi connectivity index (χ1v) is 8.24. The number of nitrogens with zero attached hydrogens (tertiary/aromatic N) is 2. The van der Waals surface area contributed by atoms with Gasteiger partial charge in [0.2, 0.25) is 5.91 Å². The molecule has 2 amide bonds. The summed E-state index contributed by atoms with van der Waals surface area (Å²) < 4.78 is 0. The van der Waals surface area contributed by atoms with Crippen LogP contribution in [0, 0.1) is 23.7 Å².